The molecular formula is C13H26N2O3. The molecule has 0 radical (unpaired) electrons. The van der Waals surface area contributed by atoms with Crippen LogP contribution in [0.25, 0.3) is 0 Å². The Hall–Kier alpha value is -0.810. The van der Waals surface area contributed by atoms with Gasteiger partial charge in [0.05, 0.1) is 0 Å². The molecule has 0 aliphatic carbocycles. The van der Waals surface area contributed by atoms with Crippen molar-refractivity contribution < 1.29 is 14.6 Å². The number of piperidine rings is 1. The average Bonchev–Trinajstić information content (AvgIpc) is 2.27. The van der Waals surface area contributed by atoms with Crippen molar-refractivity contribution in [2.24, 2.45) is 11.7 Å². The maximum atomic E-state index is 12.0. The van der Waals surface area contributed by atoms with Crippen molar-refractivity contribution in [2.75, 3.05) is 19.7 Å². The quantitative estimate of drug-likeness (QED) is 0.801. The number of hydrogen-bond acceptors (Lipinski definition) is 4. The van der Waals surface area contributed by atoms with Crippen molar-refractivity contribution in [3.05, 3.63) is 0 Å². The van der Waals surface area contributed by atoms with Crippen LogP contribution in [-0.2, 0) is 4.74 Å². The maximum absolute atomic E-state index is 12.0. The van der Waals surface area contributed by atoms with Gasteiger partial charge in [-0.15, -0.1) is 0 Å². The molecule has 2 unspecified atom stereocenters. The SMILES string of the molecule is CC(C)(C)OC(=O)N1CCCC(C(N)CCO)C1. The minimum Gasteiger partial charge on any atom is -0.444 e. The van der Waals surface area contributed by atoms with Crippen LogP contribution in [0.15, 0.2) is 0 Å². The third kappa shape index (κ3) is 4.82. The molecule has 0 aromatic carbocycles. The van der Waals surface area contributed by atoms with Gasteiger partial charge >= 0.3 is 6.09 Å². The van der Waals surface area contributed by atoms with Gasteiger partial charge in [0.15, 0.2) is 0 Å². The number of rotatable bonds is 3. The molecule has 0 bridgehead atoms. The second-order valence-electron chi connectivity index (χ2n) is 6.00. The number of hydrogen-bond donors (Lipinski definition) is 2. The third-order valence-electron chi connectivity index (χ3n) is 3.18. The summed E-state index contributed by atoms with van der Waals surface area (Å²) >= 11 is 0. The highest BCUT2D eigenvalue weighted by atomic mass is 16.6. The highest BCUT2D eigenvalue weighted by molar-refractivity contribution is 5.68. The van der Waals surface area contributed by atoms with Crippen LogP contribution >= 0.6 is 0 Å². The van der Waals surface area contributed by atoms with E-state index in [1.165, 1.54) is 0 Å². The molecule has 1 amide bonds. The van der Waals surface area contributed by atoms with Gasteiger partial charge in [-0.05, 0) is 46.0 Å². The van der Waals surface area contributed by atoms with Gasteiger partial charge in [0.25, 0.3) is 0 Å². The number of aliphatic hydroxyl groups is 1. The first-order chi connectivity index (χ1) is 8.33. The summed E-state index contributed by atoms with van der Waals surface area (Å²) in [7, 11) is 0. The van der Waals surface area contributed by atoms with E-state index in [1.54, 1.807) is 4.90 Å². The molecule has 3 N–H and O–H groups in total. The Labute approximate surface area is 109 Å². The summed E-state index contributed by atoms with van der Waals surface area (Å²) in [5, 5.41) is 8.91. The zero-order chi connectivity index (χ0) is 13.8. The van der Waals surface area contributed by atoms with Gasteiger partial charge < -0.3 is 20.5 Å². The van der Waals surface area contributed by atoms with Crippen molar-refractivity contribution >= 4 is 6.09 Å². The number of likely N-dealkylation sites (tertiary alicyclic amines) is 1. The number of nitrogens with two attached hydrogens (primary N) is 1. The molecule has 18 heavy (non-hydrogen) atoms. The molecule has 1 fully saturated rings. The average molecular weight is 258 g/mol. The Balaban J connectivity index is 2.50. The van der Waals surface area contributed by atoms with E-state index in [-0.39, 0.29) is 24.7 Å². The van der Waals surface area contributed by atoms with Gasteiger partial charge in [0, 0.05) is 25.7 Å². The zero-order valence-electron chi connectivity index (χ0n) is 11.7. The lowest BCUT2D eigenvalue weighted by molar-refractivity contribution is 0.0148. The minimum atomic E-state index is -0.461. The number of carbonyl (C=O) groups excluding carboxylic acids is 1. The summed E-state index contributed by atoms with van der Waals surface area (Å²) < 4.78 is 5.36. The predicted molar refractivity (Wildman–Crippen MR) is 70.2 cm³/mol. The normalized spacial score (nSPS) is 22.7. The molecular weight excluding hydrogens is 232 g/mol. The van der Waals surface area contributed by atoms with Gasteiger partial charge in [-0.1, -0.05) is 0 Å². The summed E-state index contributed by atoms with van der Waals surface area (Å²) in [5.74, 6) is 0.262. The lowest BCUT2D eigenvalue weighted by atomic mass is 9.90. The van der Waals surface area contributed by atoms with Crippen LogP contribution < -0.4 is 5.73 Å². The molecule has 1 aliphatic heterocycles. The molecule has 1 rings (SSSR count). The van der Waals surface area contributed by atoms with E-state index in [0.29, 0.717) is 13.0 Å². The Morgan fingerprint density at radius 3 is 2.78 bits per heavy atom. The molecule has 2 atom stereocenters. The maximum Gasteiger partial charge on any atom is 0.410 e. The number of amides is 1. The number of nitrogens with zero attached hydrogens (tertiary/aromatic N) is 1. The summed E-state index contributed by atoms with van der Waals surface area (Å²) in [6.45, 7) is 7.06. The Kier molecular flexibility index (Phi) is 5.41. The van der Waals surface area contributed by atoms with Crippen molar-refractivity contribution in [3.63, 3.8) is 0 Å². The van der Waals surface area contributed by atoms with Crippen molar-refractivity contribution in [1.29, 1.82) is 0 Å². The molecule has 5 nitrogen and oxygen atoms in total. The second-order valence-corrected chi connectivity index (χ2v) is 6.00. The monoisotopic (exact) mass is 258 g/mol. The van der Waals surface area contributed by atoms with E-state index in [0.717, 1.165) is 19.4 Å². The molecule has 1 heterocycles. The van der Waals surface area contributed by atoms with Crippen molar-refractivity contribution in [2.45, 2.75) is 51.7 Å². The van der Waals surface area contributed by atoms with Gasteiger partial charge in [-0.2, -0.15) is 0 Å². The molecule has 0 aromatic rings. The molecule has 0 aromatic heterocycles. The van der Waals surface area contributed by atoms with Gasteiger partial charge in [-0.25, -0.2) is 4.79 Å². The zero-order valence-corrected chi connectivity index (χ0v) is 11.7. The van der Waals surface area contributed by atoms with E-state index in [2.05, 4.69) is 0 Å². The minimum absolute atomic E-state index is 0.0414. The second kappa shape index (κ2) is 6.38. The fraction of sp³-hybridized carbons (Fsp3) is 0.923. The Morgan fingerprint density at radius 1 is 1.56 bits per heavy atom. The predicted octanol–water partition coefficient (Wildman–Crippen LogP) is 1.34. The number of aliphatic hydroxyl groups excluding tert-OH is 1. The van der Waals surface area contributed by atoms with E-state index in [1.807, 2.05) is 20.8 Å². The largest absolute Gasteiger partial charge is 0.444 e. The number of carbonyl (C=O) groups is 1. The summed E-state index contributed by atoms with van der Waals surface area (Å²) in [6, 6.07) is -0.0414. The highest BCUT2D eigenvalue weighted by Gasteiger charge is 2.30. The van der Waals surface area contributed by atoms with E-state index >= 15 is 0 Å². The first-order valence-corrected chi connectivity index (χ1v) is 6.68. The molecule has 1 saturated heterocycles. The molecule has 0 saturated carbocycles. The molecule has 0 spiro atoms. The van der Waals surface area contributed by atoms with Gasteiger partial charge in [0.2, 0.25) is 0 Å². The standard InChI is InChI=1S/C13H26N2O3/c1-13(2,3)18-12(17)15-7-4-5-10(9-15)11(14)6-8-16/h10-11,16H,4-9,14H2,1-3H3. The van der Waals surface area contributed by atoms with E-state index < -0.39 is 5.60 Å². The Morgan fingerprint density at radius 2 is 2.22 bits per heavy atom. The lowest BCUT2D eigenvalue weighted by Crippen LogP contribution is -2.47. The molecule has 1 aliphatic rings. The highest BCUT2D eigenvalue weighted by Crippen LogP contribution is 2.22. The van der Waals surface area contributed by atoms with E-state index in [9.17, 15) is 4.79 Å². The Bertz CT molecular complexity index is 276. The van der Waals surface area contributed by atoms with Crippen LogP contribution in [0.5, 0.6) is 0 Å². The third-order valence-corrected chi connectivity index (χ3v) is 3.18. The van der Waals surface area contributed by atoms with Gasteiger partial charge in [-0.3, -0.25) is 0 Å². The summed E-state index contributed by atoms with van der Waals surface area (Å²) in [5.41, 5.74) is 5.55. The fourth-order valence-electron chi connectivity index (χ4n) is 2.24. The molecule has 106 valence electrons. The van der Waals surface area contributed by atoms with E-state index in [4.69, 9.17) is 15.6 Å². The lowest BCUT2D eigenvalue weighted by Gasteiger charge is -2.36. The molecule has 5 heteroatoms. The van der Waals surface area contributed by atoms with Crippen LogP contribution in [0.2, 0.25) is 0 Å². The first kappa shape index (κ1) is 15.2. The topological polar surface area (TPSA) is 75.8 Å². The smallest absolute Gasteiger partial charge is 0.410 e. The van der Waals surface area contributed by atoms with Crippen LogP contribution in [0.3, 0.4) is 0 Å². The first-order valence-electron chi connectivity index (χ1n) is 6.68. The fourth-order valence-corrected chi connectivity index (χ4v) is 2.24. The number of ether oxygens (including phenoxy) is 1. The van der Waals surface area contributed by atoms with Gasteiger partial charge in [0.1, 0.15) is 5.60 Å². The van der Waals surface area contributed by atoms with Crippen LogP contribution in [0.4, 0.5) is 4.79 Å². The van der Waals surface area contributed by atoms with Crippen LogP contribution in [-0.4, -0.2) is 47.4 Å². The van der Waals surface area contributed by atoms with Crippen molar-refractivity contribution in [3.8, 4) is 0 Å². The van der Waals surface area contributed by atoms with Crippen LogP contribution in [0.1, 0.15) is 40.0 Å². The summed E-state index contributed by atoms with van der Waals surface area (Å²) in [6.07, 6.45) is 2.29. The summed E-state index contributed by atoms with van der Waals surface area (Å²) in [4.78, 5) is 13.7. The van der Waals surface area contributed by atoms with Crippen LogP contribution in [0, 0.1) is 5.92 Å². The van der Waals surface area contributed by atoms with Crippen molar-refractivity contribution in [1.82, 2.24) is 4.90 Å².